The molecule has 0 aliphatic heterocycles. The second-order valence-corrected chi connectivity index (χ2v) is 3.17. The van der Waals surface area contributed by atoms with Gasteiger partial charge in [-0.15, -0.1) is 0 Å². The SMILES string of the molecule is CN(CCCN)c1cccnc1[N+](=O)[O-]. The van der Waals surface area contributed by atoms with Gasteiger partial charge in [0, 0.05) is 13.6 Å². The third-order valence-electron chi connectivity index (χ3n) is 2.05. The van der Waals surface area contributed by atoms with Crippen LogP contribution in [0.3, 0.4) is 0 Å². The molecule has 0 amide bonds. The number of anilines is 1. The number of pyridine rings is 1. The molecule has 1 rings (SSSR count). The average Bonchev–Trinajstić information content (AvgIpc) is 2.25. The lowest BCUT2D eigenvalue weighted by Gasteiger charge is -2.17. The van der Waals surface area contributed by atoms with Crippen LogP contribution in [0.25, 0.3) is 0 Å². The van der Waals surface area contributed by atoms with Gasteiger partial charge >= 0.3 is 5.82 Å². The number of hydrogen-bond acceptors (Lipinski definition) is 5. The lowest BCUT2D eigenvalue weighted by Crippen LogP contribution is -2.22. The summed E-state index contributed by atoms with van der Waals surface area (Å²) in [6.07, 6.45) is 2.21. The van der Waals surface area contributed by atoms with E-state index in [1.165, 1.54) is 6.20 Å². The van der Waals surface area contributed by atoms with E-state index in [4.69, 9.17) is 5.73 Å². The van der Waals surface area contributed by atoms with Crippen molar-refractivity contribution < 1.29 is 4.92 Å². The largest absolute Gasteiger partial charge is 0.387 e. The molecule has 0 atom stereocenters. The third-order valence-corrected chi connectivity index (χ3v) is 2.05. The van der Waals surface area contributed by atoms with Crippen LogP contribution in [0, 0.1) is 10.1 Å². The lowest BCUT2D eigenvalue weighted by molar-refractivity contribution is -0.388. The Morgan fingerprint density at radius 3 is 3.00 bits per heavy atom. The molecule has 0 aliphatic carbocycles. The summed E-state index contributed by atoms with van der Waals surface area (Å²) in [5.41, 5.74) is 5.90. The molecule has 0 aromatic carbocycles. The second-order valence-electron chi connectivity index (χ2n) is 3.17. The number of nitrogens with two attached hydrogens (primary N) is 1. The molecule has 1 heterocycles. The van der Waals surface area contributed by atoms with Crippen molar-refractivity contribution in [2.24, 2.45) is 5.73 Å². The monoisotopic (exact) mass is 210 g/mol. The van der Waals surface area contributed by atoms with Gasteiger partial charge in [0.2, 0.25) is 0 Å². The van der Waals surface area contributed by atoms with E-state index < -0.39 is 4.92 Å². The van der Waals surface area contributed by atoms with E-state index in [1.807, 2.05) is 0 Å². The van der Waals surface area contributed by atoms with E-state index in [-0.39, 0.29) is 5.82 Å². The van der Waals surface area contributed by atoms with E-state index in [2.05, 4.69) is 4.98 Å². The molecule has 6 nitrogen and oxygen atoms in total. The topological polar surface area (TPSA) is 85.3 Å². The molecule has 0 bridgehead atoms. The Labute approximate surface area is 87.9 Å². The third kappa shape index (κ3) is 2.88. The fourth-order valence-electron chi connectivity index (χ4n) is 1.28. The highest BCUT2D eigenvalue weighted by Crippen LogP contribution is 2.23. The first kappa shape index (κ1) is 11.4. The van der Waals surface area contributed by atoms with Gasteiger partial charge in [-0.1, -0.05) is 0 Å². The molecule has 1 aromatic rings. The predicted molar refractivity (Wildman–Crippen MR) is 57.8 cm³/mol. The quantitative estimate of drug-likeness (QED) is 0.573. The Hall–Kier alpha value is -1.69. The number of hydrogen-bond donors (Lipinski definition) is 1. The molecular formula is C9H14N4O2. The van der Waals surface area contributed by atoms with E-state index in [9.17, 15) is 10.1 Å². The van der Waals surface area contributed by atoms with Gasteiger partial charge in [0.25, 0.3) is 0 Å². The van der Waals surface area contributed by atoms with Crippen LogP contribution in [0.2, 0.25) is 0 Å². The van der Waals surface area contributed by atoms with Crippen molar-refractivity contribution in [2.45, 2.75) is 6.42 Å². The molecule has 15 heavy (non-hydrogen) atoms. The minimum atomic E-state index is -0.478. The summed E-state index contributed by atoms with van der Waals surface area (Å²) in [7, 11) is 1.79. The summed E-state index contributed by atoms with van der Waals surface area (Å²) in [6.45, 7) is 1.25. The van der Waals surface area contributed by atoms with Crippen molar-refractivity contribution in [1.29, 1.82) is 0 Å². The van der Waals surface area contributed by atoms with Crippen LogP contribution in [0.1, 0.15) is 6.42 Å². The molecule has 0 saturated heterocycles. The lowest BCUT2D eigenvalue weighted by atomic mass is 10.3. The zero-order valence-corrected chi connectivity index (χ0v) is 8.59. The second kappa shape index (κ2) is 5.26. The normalized spacial score (nSPS) is 10.0. The zero-order valence-electron chi connectivity index (χ0n) is 8.59. The van der Waals surface area contributed by atoms with Crippen LogP contribution in [0.5, 0.6) is 0 Å². The molecule has 1 aromatic heterocycles. The Bertz CT molecular complexity index is 343. The van der Waals surface area contributed by atoms with Crippen molar-refractivity contribution in [3.8, 4) is 0 Å². The summed E-state index contributed by atoms with van der Waals surface area (Å²) < 4.78 is 0. The summed E-state index contributed by atoms with van der Waals surface area (Å²) >= 11 is 0. The number of nitro groups is 1. The van der Waals surface area contributed by atoms with Crippen LogP contribution in [0.4, 0.5) is 11.5 Å². The van der Waals surface area contributed by atoms with Gasteiger partial charge in [-0.3, -0.25) is 0 Å². The maximum absolute atomic E-state index is 10.7. The van der Waals surface area contributed by atoms with Crippen LogP contribution < -0.4 is 10.6 Å². The highest BCUT2D eigenvalue weighted by molar-refractivity contribution is 5.58. The van der Waals surface area contributed by atoms with Crippen molar-refractivity contribution in [3.63, 3.8) is 0 Å². The maximum atomic E-state index is 10.7. The first-order chi connectivity index (χ1) is 7.16. The van der Waals surface area contributed by atoms with Gasteiger partial charge in [0.05, 0.1) is 0 Å². The number of rotatable bonds is 5. The van der Waals surface area contributed by atoms with Gasteiger partial charge in [-0.2, -0.15) is 0 Å². The summed E-state index contributed by atoms with van der Waals surface area (Å²) in [5, 5.41) is 10.7. The van der Waals surface area contributed by atoms with Crippen molar-refractivity contribution in [3.05, 3.63) is 28.4 Å². The van der Waals surface area contributed by atoms with Crippen LogP contribution in [-0.2, 0) is 0 Å². The molecule has 82 valence electrons. The van der Waals surface area contributed by atoms with E-state index in [0.29, 0.717) is 18.8 Å². The fourth-order valence-corrected chi connectivity index (χ4v) is 1.28. The van der Waals surface area contributed by atoms with E-state index in [1.54, 1.807) is 24.1 Å². The van der Waals surface area contributed by atoms with Crippen molar-refractivity contribution in [1.82, 2.24) is 4.98 Å². The summed E-state index contributed by atoms with van der Waals surface area (Å²) in [4.78, 5) is 15.7. The smallest absolute Gasteiger partial charge is 0.368 e. The molecule has 0 fully saturated rings. The van der Waals surface area contributed by atoms with E-state index in [0.717, 1.165) is 6.42 Å². The molecule has 0 aliphatic rings. The predicted octanol–water partition coefficient (Wildman–Crippen LogP) is 0.775. The highest BCUT2D eigenvalue weighted by Gasteiger charge is 2.16. The minimum absolute atomic E-state index is 0.114. The van der Waals surface area contributed by atoms with E-state index >= 15 is 0 Å². The fraction of sp³-hybridized carbons (Fsp3) is 0.444. The van der Waals surface area contributed by atoms with Crippen LogP contribution in [-0.4, -0.2) is 30.0 Å². The van der Waals surface area contributed by atoms with Crippen LogP contribution >= 0.6 is 0 Å². The molecule has 6 heteroatoms. The Kier molecular flexibility index (Phi) is 3.99. The maximum Gasteiger partial charge on any atom is 0.387 e. The van der Waals surface area contributed by atoms with Gasteiger partial charge in [0.15, 0.2) is 0 Å². The molecule has 0 spiro atoms. The number of aromatic nitrogens is 1. The van der Waals surface area contributed by atoms with Crippen LogP contribution in [0.15, 0.2) is 18.3 Å². The molecule has 0 radical (unpaired) electrons. The summed E-state index contributed by atoms with van der Waals surface area (Å²) in [6, 6.07) is 3.36. The molecule has 2 N–H and O–H groups in total. The first-order valence-electron chi connectivity index (χ1n) is 4.67. The Morgan fingerprint density at radius 2 is 2.40 bits per heavy atom. The molecular weight excluding hydrogens is 196 g/mol. The van der Waals surface area contributed by atoms with Gasteiger partial charge in [-0.05, 0) is 35.0 Å². The molecule has 0 unspecified atom stereocenters. The minimum Gasteiger partial charge on any atom is -0.368 e. The Morgan fingerprint density at radius 1 is 1.67 bits per heavy atom. The highest BCUT2D eigenvalue weighted by atomic mass is 16.6. The average molecular weight is 210 g/mol. The number of nitrogens with zero attached hydrogens (tertiary/aromatic N) is 3. The van der Waals surface area contributed by atoms with Gasteiger partial charge in [-0.25, -0.2) is 0 Å². The zero-order chi connectivity index (χ0) is 11.3. The van der Waals surface area contributed by atoms with Crippen molar-refractivity contribution in [2.75, 3.05) is 25.0 Å². The van der Waals surface area contributed by atoms with Crippen molar-refractivity contribution >= 4 is 11.5 Å². The summed E-state index contributed by atoms with van der Waals surface area (Å²) in [5.74, 6) is -0.114. The Balaban J connectivity index is 2.87. The van der Waals surface area contributed by atoms with Gasteiger partial charge < -0.3 is 20.7 Å². The molecule has 0 saturated carbocycles. The first-order valence-corrected chi connectivity index (χ1v) is 4.67. The van der Waals surface area contributed by atoms with Gasteiger partial charge in [0.1, 0.15) is 11.9 Å². The standard InChI is InChI=1S/C9H14N4O2/c1-12(7-3-5-10)8-4-2-6-11-9(8)13(14)15/h2,4,6H,3,5,7,10H2,1H3.